The predicted molar refractivity (Wildman–Crippen MR) is 135 cm³/mol. The van der Waals surface area contributed by atoms with Gasteiger partial charge in [0.1, 0.15) is 12.4 Å². The Morgan fingerprint density at radius 2 is 1.89 bits per heavy atom. The molecule has 1 fully saturated rings. The molecule has 1 N–H and O–H groups in total. The molecule has 2 aromatic carbocycles. The molecule has 0 atom stereocenters. The SMILES string of the molecule is Cn1c(CN2CCC(c3cccc(OCc4ccc(C#N)cc4)n3)CC2)nc2ccc(C(=O)O)cc21. The third-order valence-electron chi connectivity index (χ3n) is 6.81. The first-order valence-electron chi connectivity index (χ1n) is 12.0. The number of nitriles is 1. The Hall–Kier alpha value is -4.22. The van der Waals surface area contributed by atoms with Gasteiger partial charge in [-0.05, 0) is 67.9 Å². The summed E-state index contributed by atoms with van der Waals surface area (Å²) in [5, 5.41) is 18.2. The predicted octanol–water partition coefficient (Wildman–Crippen LogP) is 4.50. The Morgan fingerprint density at radius 1 is 1.11 bits per heavy atom. The zero-order chi connectivity index (χ0) is 25.1. The first-order valence-corrected chi connectivity index (χ1v) is 12.0. The minimum Gasteiger partial charge on any atom is -0.478 e. The average molecular weight is 482 g/mol. The van der Waals surface area contributed by atoms with E-state index in [1.165, 1.54) is 0 Å². The van der Waals surface area contributed by atoms with Crippen LogP contribution in [0.25, 0.3) is 11.0 Å². The van der Waals surface area contributed by atoms with Gasteiger partial charge < -0.3 is 14.4 Å². The van der Waals surface area contributed by atoms with E-state index in [9.17, 15) is 9.90 Å². The number of carboxylic acids is 1. The number of fused-ring (bicyclic) bond motifs is 1. The van der Waals surface area contributed by atoms with Crippen molar-refractivity contribution in [1.29, 1.82) is 5.26 Å². The molecule has 0 saturated carbocycles. The molecule has 1 saturated heterocycles. The van der Waals surface area contributed by atoms with Crippen LogP contribution in [0.4, 0.5) is 0 Å². The number of imidazole rings is 1. The van der Waals surface area contributed by atoms with Gasteiger partial charge in [-0.2, -0.15) is 5.26 Å². The smallest absolute Gasteiger partial charge is 0.335 e. The molecule has 3 heterocycles. The van der Waals surface area contributed by atoms with E-state index >= 15 is 0 Å². The van der Waals surface area contributed by atoms with E-state index < -0.39 is 5.97 Å². The summed E-state index contributed by atoms with van der Waals surface area (Å²) in [6, 6.07) is 20.5. The van der Waals surface area contributed by atoms with Crippen LogP contribution < -0.4 is 4.74 Å². The van der Waals surface area contributed by atoms with Gasteiger partial charge in [-0.25, -0.2) is 14.8 Å². The number of benzene rings is 2. The highest BCUT2D eigenvalue weighted by Gasteiger charge is 2.23. The molecule has 182 valence electrons. The number of hydrogen-bond donors (Lipinski definition) is 1. The van der Waals surface area contributed by atoms with Crippen LogP contribution in [-0.4, -0.2) is 43.6 Å². The topological polar surface area (TPSA) is 104 Å². The Kier molecular flexibility index (Phi) is 6.65. The summed E-state index contributed by atoms with van der Waals surface area (Å²) < 4.78 is 7.90. The standard InChI is InChI=1S/C28H27N5O3/c1-32-25-15-22(28(34)35)9-10-24(25)30-26(32)17-33-13-11-21(12-14-33)23-3-2-4-27(31-23)36-18-20-7-5-19(16-29)6-8-20/h2-10,15,21H,11-14,17-18H2,1H3,(H,34,35). The minimum atomic E-state index is -0.931. The lowest BCUT2D eigenvalue weighted by Crippen LogP contribution is -2.33. The van der Waals surface area contributed by atoms with Gasteiger partial charge in [0.25, 0.3) is 0 Å². The highest BCUT2D eigenvalue weighted by Crippen LogP contribution is 2.29. The molecule has 36 heavy (non-hydrogen) atoms. The van der Waals surface area contributed by atoms with E-state index in [4.69, 9.17) is 20.0 Å². The molecular formula is C28H27N5O3. The normalized spacial score (nSPS) is 14.6. The Labute approximate surface area is 209 Å². The average Bonchev–Trinajstić information content (AvgIpc) is 3.22. The van der Waals surface area contributed by atoms with Gasteiger partial charge in [0.15, 0.2) is 0 Å². The summed E-state index contributed by atoms with van der Waals surface area (Å²) in [6.07, 6.45) is 2.00. The van der Waals surface area contributed by atoms with Crippen LogP contribution in [0.15, 0.2) is 60.7 Å². The first kappa shape index (κ1) is 23.5. The summed E-state index contributed by atoms with van der Waals surface area (Å²) in [4.78, 5) is 23.2. The lowest BCUT2D eigenvalue weighted by atomic mass is 9.93. The largest absolute Gasteiger partial charge is 0.478 e. The fourth-order valence-electron chi connectivity index (χ4n) is 4.67. The third-order valence-corrected chi connectivity index (χ3v) is 6.81. The number of likely N-dealkylation sites (tertiary alicyclic amines) is 1. The fraction of sp³-hybridized carbons (Fsp3) is 0.286. The molecule has 5 rings (SSSR count). The summed E-state index contributed by atoms with van der Waals surface area (Å²) in [6.45, 7) is 3.01. The number of pyridine rings is 1. The lowest BCUT2D eigenvalue weighted by molar-refractivity contribution is 0.0697. The van der Waals surface area contributed by atoms with E-state index in [2.05, 4.69) is 17.0 Å². The number of hydrogen-bond acceptors (Lipinski definition) is 6. The zero-order valence-corrected chi connectivity index (χ0v) is 20.1. The van der Waals surface area contributed by atoms with Crippen molar-refractivity contribution in [3.63, 3.8) is 0 Å². The van der Waals surface area contributed by atoms with Gasteiger partial charge in [0.2, 0.25) is 5.88 Å². The van der Waals surface area contributed by atoms with Crippen LogP contribution in [0.1, 0.15) is 51.8 Å². The second kappa shape index (κ2) is 10.2. The molecule has 8 nitrogen and oxygen atoms in total. The van der Waals surface area contributed by atoms with Crippen molar-refractivity contribution in [3.05, 3.63) is 88.9 Å². The highest BCUT2D eigenvalue weighted by molar-refractivity contribution is 5.92. The van der Waals surface area contributed by atoms with Crippen LogP contribution in [0.2, 0.25) is 0 Å². The Bertz CT molecular complexity index is 1430. The van der Waals surface area contributed by atoms with Gasteiger partial charge in [-0.1, -0.05) is 18.2 Å². The fourth-order valence-corrected chi connectivity index (χ4v) is 4.67. The Morgan fingerprint density at radius 3 is 2.61 bits per heavy atom. The van der Waals surface area contributed by atoms with E-state index in [0.29, 0.717) is 24.0 Å². The lowest BCUT2D eigenvalue weighted by Gasteiger charge is -2.31. The zero-order valence-electron chi connectivity index (χ0n) is 20.1. The maximum atomic E-state index is 11.3. The van der Waals surface area contributed by atoms with Crippen LogP contribution in [0, 0.1) is 11.3 Å². The van der Waals surface area contributed by atoms with Crippen molar-refractivity contribution in [2.75, 3.05) is 13.1 Å². The van der Waals surface area contributed by atoms with E-state index in [0.717, 1.165) is 60.6 Å². The summed E-state index contributed by atoms with van der Waals surface area (Å²) >= 11 is 0. The number of carboxylic acid groups (broad SMARTS) is 1. The summed E-state index contributed by atoms with van der Waals surface area (Å²) in [5.74, 6) is 0.986. The second-order valence-electron chi connectivity index (χ2n) is 9.14. The molecule has 1 aliphatic rings. The van der Waals surface area contributed by atoms with Crippen molar-refractivity contribution in [2.24, 2.45) is 7.05 Å². The molecule has 8 heteroatoms. The van der Waals surface area contributed by atoms with Gasteiger partial charge >= 0.3 is 5.97 Å². The van der Waals surface area contributed by atoms with Gasteiger partial charge in [0.05, 0.1) is 34.8 Å². The maximum absolute atomic E-state index is 11.3. The summed E-state index contributed by atoms with van der Waals surface area (Å²) in [5.41, 5.74) is 4.60. The van der Waals surface area contributed by atoms with E-state index in [-0.39, 0.29) is 5.56 Å². The van der Waals surface area contributed by atoms with Gasteiger partial charge in [0, 0.05) is 24.7 Å². The molecule has 0 unspecified atom stereocenters. The van der Waals surface area contributed by atoms with Crippen LogP contribution in [-0.2, 0) is 20.2 Å². The molecule has 0 radical (unpaired) electrons. The molecule has 0 amide bonds. The molecule has 2 aromatic heterocycles. The van der Waals surface area contributed by atoms with Crippen molar-refractivity contribution in [2.45, 2.75) is 31.9 Å². The second-order valence-corrected chi connectivity index (χ2v) is 9.14. The number of carbonyl (C=O) groups is 1. The number of aromatic nitrogens is 3. The molecular weight excluding hydrogens is 454 g/mol. The van der Waals surface area contributed by atoms with Crippen molar-refractivity contribution in [3.8, 4) is 11.9 Å². The quantitative estimate of drug-likeness (QED) is 0.414. The number of nitrogens with zero attached hydrogens (tertiary/aromatic N) is 5. The Balaban J connectivity index is 1.18. The van der Waals surface area contributed by atoms with Crippen molar-refractivity contribution >= 4 is 17.0 Å². The molecule has 4 aromatic rings. The maximum Gasteiger partial charge on any atom is 0.335 e. The monoisotopic (exact) mass is 481 g/mol. The number of aryl methyl sites for hydroxylation is 1. The minimum absolute atomic E-state index is 0.272. The number of aromatic carboxylic acids is 1. The number of ether oxygens (including phenoxy) is 1. The highest BCUT2D eigenvalue weighted by atomic mass is 16.5. The van der Waals surface area contributed by atoms with Crippen molar-refractivity contribution < 1.29 is 14.6 Å². The molecule has 0 bridgehead atoms. The van der Waals surface area contributed by atoms with Gasteiger partial charge in [-0.3, -0.25) is 4.90 Å². The first-order chi connectivity index (χ1) is 17.5. The summed E-state index contributed by atoms with van der Waals surface area (Å²) in [7, 11) is 1.94. The third kappa shape index (κ3) is 5.07. The van der Waals surface area contributed by atoms with Crippen LogP contribution in [0.3, 0.4) is 0 Å². The van der Waals surface area contributed by atoms with Crippen LogP contribution in [0.5, 0.6) is 5.88 Å². The molecule has 0 spiro atoms. The van der Waals surface area contributed by atoms with E-state index in [1.54, 1.807) is 30.3 Å². The van der Waals surface area contributed by atoms with Gasteiger partial charge in [-0.15, -0.1) is 0 Å². The number of piperidine rings is 1. The number of rotatable bonds is 7. The van der Waals surface area contributed by atoms with Crippen molar-refractivity contribution in [1.82, 2.24) is 19.4 Å². The van der Waals surface area contributed by atoms with E-state index in [1.807, 2.05) is 35.9 Å². The van der Waals surface area contributed by atoms with Crippen LogP contribution >= 0.6 is 0 Å². The molecule has 1 aliphatic heterocycles. The molecule has 0 aliphatic carbocycles.